The first-order chi connectivity index (χ1) is 6.63. The van der Waals surface area contributed by atoms with Crippen LogP contribution in [0.2, 0.25) is 0 Å². The SMILES string of the molecule is C=C(CCN1CC(F)C1)/C(C)=C\C=O. The molecule has 1 fully saturated rings. The summed E-state index contributed by atoms with van der Waals surface area (Å²) in [6.07, 6.45) is 2.44. The summed E-state index contributed by atoms with van der Waals surface area (Å²) in [5, 5.41) is 0. The zero-order chi connectivity index (χ0) is 10.6. The fourth-order valence-corrected chi connectivity index (χ4v) is 1.40. The standard InChI is InChI=1S/C11H16FNO/c1-9(10(2)4-6-14)3-5-13-7-11(12)8-13/h4,6,11H,1,3,5,7-8H2,2H3/b10-4-. The minimum atomic E-state index is -0.644. The van der Waals surface area contributed by atoms with E-state index in [-0.39, 0.29) is 0 Å². The molecule has 1 aliphatic heterocycles. The van der Waals surface area contributed by atoms with E-state index in [2.05, 4.69) is 6.58 Å². The van der Waals surface area contributed by atoms with E-state index in [4.69, 9.17) is 0 Å². The van der Waals surface area contributed by atoms with Gasteiger partial charge in [-0.15, -0.1) is 0 Å². The van der Waals surface area contributed by atoms with Gasteiger partial charge in [-0.05, 0) is 25.0 Å². The lowest BCUT2D eigenvalue weighted by Crippen LogP contribution is -2.48. The first-order valence-corrected chi connectivity index (χ1v) is 4.80. The molecule has 1 aliphatic rings. The summed E-state index contributed by atoms with van der Waals surface area (Å²) in [4.78, 5) is 12.2. The summed E-state index contributed by atoms with van der Waals surface area (Å²) in [6.45, 7) is 7.67. The van der Waals surface area contributed by atoms with Crippen molar-refractivity contribution in [1.82, 2.24) is 4.90 Å². The lowest BCUT2D eigenvalue weighted by Gasteiger charge is -2.34. The van der Waals surface area contributed by atoms with Gasteiger partial charge in [-0.2, -0.15) is 0 Å². The van der Waals surface area contributed by atoms with Crippen molar-refractivity contribution in [1.29, 1.82) is 0 Å². The Bertz CT molecular complexity index is 254. The van der Waals surface area contributed by atoms with Gasteiger partial charge in [0.05, 0.1) is 0 Å². The predicted octanol–water partition coefficient (Wildman–Crippen LogP) is 1.73. The van der Waals surface area contributed by atoms with Crippen molar-refractivity contribution in [2.45, 2.75) is 19.5 Å². The van der Waals surface area contributed by atoms with E-state index in [0.29, 0.717) is 13.1 Å². The van der Waals surface area contributed by atoms with Crippen LogP contribution in [0.15, 0.2) is 23.8 Å². The van der Waals surface area contributed by atoms with Crippen LogP contribution >= 0.6 is 0 Å². The molecule has 0 atom stereocenters. The molecule has 0 aliphatic carbocycles. The molecule has 0 N–H and O–H groups in total. The molecule has 0 aromatic heterocycles. The van der Waals surface area contributed by atoms with Gasteiger partial charge in [0.2, 0.25) is 0 Å². The molecule has 0 aromatic rings. The van der Waals surface area contributed by atoms with Crippen LogP contribution in [0.5, 0.6) is 0 Å². The van der Waals surface area contributed by atoms with E-state index in [0.717, 1.165) is 30.4 Å². The number of likely N-dealkylation sites (tertiary alicyclic amines) is 1. The Morgan fingerprint density at radius 2 is 2.29 bits per heavy atom. The Hall–Kier alpha value is -0.960. The number of rotatable bonds is 5. The number of halogens is 1. The molecule has 1 rings (SSSR count). The summed E-state index contributed by atoms with van der Waals surface area (Å²) >= 11 is 0. The average molecular weight is 197 g/mol. The molecular weight excluding hydrogens is 181 g/mol. The molecule has 0 aromatic carbocycles. The number of nitrogens with zero attached hydrogens (tertiary/aromatic N) is 1. The molecule has 0 spiro atoms. The summed E-state index contributed by atoms with van der Waals surface area (Å²) in [5.41, 5.74) is 1.87. The lowest BCUT2D eigenvalue weighted by molar-refractivity contribution is -0.104. The van der Waals surface area contributed by atoms with Gasteiger partial charge >= 0.3 is 0 Å². The molecule has 2 nitrogen and oxygen atoms in total. The minimum Gasteiger partial charge on any atom is -0.299 e. The highest BCUT2D eigenvalue weighted by atomic mass is 19.1. The van der Waals surface area contributed by atoms with Gasteiger partial charge in [0.25, 0.3) is 0 Å². The average Bonchev–Trinajstić information content (AvgIpc) is 2.10. The maximum atomic E-state index is 12.4. The molecule has 0 unspecified atom stereocenters. The molecule has 0 bridgehead atoms. The zero-order valence-corrected chi connectivity index (χ0v) is 8.50. The summed E-state index contributed by atoms with van der Waals surface area (Å²) < 4.78 is 12.4. The zero-order valence-electron chi connectivity index (χ0n) is 8.50. The molecule has 0 saturated carbocycles. The van der Waals surface area contributed by atoms with Crippen LogP contribution in [-0.4, -0.2) is 37.0 Å². The van der Waals surface area contributed by atoms with Crippen molar-refractivity contribution in [2.24, 2.45) is 0 Å². The molecule has 0 amide bonds. The van der Waals surface area contributed by atoms with E-state index in [1.807, 2.05) is 11.8 Å². The maximum absolute atomic E-state index is 12.4. The third kappa shape index (κ3) is 3.07. The number of allylic oxidation sites excluding steroid dienone is 2. The summed E-state index contributed by atoms with van der Waals surface area (Å²) in [5.74, 6) is 0. The third-order valence-electron chi connectivity index (χ3n) is 2.52. The molecule has 78 valence electrons. The largest absolute Gasteiger partial charge is 0.299 e. The molecule has 1 saturated heterocycles. The van der Waals surface area contributed by atoms with Crippen LogP contribution in [0.25, 0.3) is 0 Å². The quantitative estimate of drug-likeness (QED) is 0.380. The Balaban J connectivity index is 2.21. The highest BCUT2D eigenvalue weighted by Crippen LogP contribution is 2.16. The van der Waals surface area contributed by atoms with Crippen LogP contribution < -0.4 is 0 Å². The Morgan fingerprint density at radius 1 is 1.64 bits per heavy atom. The van der Waals surface area contributed by atoms with Gasteiger partial charge in [-0.25, -0.2) is 4.39 Å². The Labute approximate surface area is 84.1 Å². The summed E-state index contributed by atoms with van der Waals surface area (Å²) in [6, 6.07) is 0. The van der Waals surface area contributed by atoms with Crippen molar-refractivity contribution in [3.8, 4) is 0 Å². The highest BCUT2D eigenvalue weighted by molar-refractivity contribution is 5.67. The normalized spacial score (nSPS) is 19.1. The van der Waals surface area contributed by atoms with Gasteiger partial charge in [0.15, 0.2) is 0 Å². The second kappa shape index (κ2) is 5.05. The van der Waals surface area contributed by atoms with E-state index < -0.39 is 6.17 Å². The number of alkyl halides is 1. The predicted molar refractivity (Wildman–Crippen MR) is 54.9 cm³/mol. The van der Waals surface area contributed by atoms with Gasteiger partial charge < -0.3 is 0 Å². The van der Waals surface area contributed by atoms with Crippen LogP contribution in [0.4, 0.5) is 4.39 Å². The fourth-order valence-electron chi connectivity index (χ4n) is 1.40. The molecule has 14 heavy (non-hydrogen) atoms. The van der Waals surface area contributed by atoms with Gasteiger partial charge in [-0.3, -0.25) is 9.69 Å². The Kier molecular flexibility index (Phi) is 4.01. The van der Waals surface area contributed by atoms with E-state index in [9.17, 15) is 9.18 Å². The topological polar surface area (TPSA) is 20.3 Å². The van der Waals surface area contributed by atoms with Crippen molar-refractivity contribution < 1.29 is 9.18 Å². The molecule has 1 heterocycles. The minimum absolute atomic E-state index is 0.545. The van der Waals surface area contributed by atoms with Crippen molar-refractivity contribution in [3.63, 3.8) is 0 Å². The first-order valence-electron chi connectivity index (χ1n) is 4.80. The number of hydrogen-bond donors (Lipinski definition) is 0. The molecule has 3 heteroatoms. The monoisotopic (exact) mass is 197 g/mol. The number of hydrogen-bond acceptors (Lipinski definition) is 2. The van der Waals surface area contributed by atoms with E-state index in [1.165, 1.54) is 6.08 Å². The molecular formula is C11H16FNO. The van der Waals surface area contributed by atoms with Crippen molar-refractivity contribution in [2.75, 3.05) is 19.6 Å². The van der Waals surface area contributed by atoms with E-state index in [1.54, 1.807) is 0 Å². The van der Waals surface area contributed by atoms with Gasteiger partial charge in [-0.1, -0.05) is 12.2 Å². The number of aldehydes is 1. The highest BCUT2D eigenvalue weighted by Gasteiger charge is 2.25. The van der Waals surface area contributed by atoms with Gasteiger partial charge in [0.1, 0.15) is 12.5 Å². The maximum Gasteiger partial charge on any atom is 0.143 e. The lowest BCUT2D eigenvalue weighted by atomic mass is 10.0. The number of carbonyl (C=O) groups excluding carboxylic acids is 1. The summed E-state index contributed by atoms with van der Waals surface area (Å²) in [7, 11) is 0. The van der Waals surface area contributed by atoms with Crippen LogP contribution in [0.3, 0.4) is 0 Å². The van der Waals surface area contributed by atoms with Crippen LogP contribution in [0, 0.1) is 0 Å². The van der Waals surface area contributed by atoms with Crippen molar-refractivity contribution >= 4 is 6.29 Å². The fraction of sp³-hybridized carbons (Fsp3) is 0.545. The van der Waals surface area contributed by atoms with Crippen LogP contribution in [-0.2, 0) is 4.79 Å². The first kappa shape index (κ1) is 11.1. The van der Waals surface area contributed by atoms with Crippen LogP contribution in [0.1, 0.15) is 13.3 Å². The Morgan fingerprint density at radius 3 is 2.79 bits per heavy atom. The third-order valence-corrected chi connectivity index (χ3v) is 2.52. The smallest absolute Gasteiger partial charge is 0.143 e. The van der Waals surface area contributed by atoms with E-state index >= 15 is 0 Å². The second-order valence-electron chi connectivity index (χ2n) is 3.70. The molecule has 0 radical (unpaired) electrons. The second-order valence-corrected chi connectivity index (χ2v) is 3.70. The van der Waals surface area contributed by atoms with Crippen molar-refractivity contribution in [3.05, 3.63) is 23.8 Å². The number of carbonyl (C=O) groups is 1. The van der Waals surface area contributed by atoms with Gasteiger partial charge in [0, 0.05) is 19.6 Å².